The summed E-state index contributed by atoms with van der Waals surface area (Å²) in [5, 5.41) is 1.12. The summed E-state index contributed by atoms with van der Waals surface area (Å²) in [4.78, 5) is 0. The summed E-state index contributed by atoms with van der Waals surface area (Å²) in [5.74, 6) is 0.830. The van der Waals surface area contributed by atoms with Crippen molar-refractivity contribution in [2.24, 2.45) is 0 Å². The van der Waals surface area contributed by atoms with Gasteiger partial charge >= 0.3 is 0 Å². The topological polar surface area (TPSA) is 39.2 Å². The predicted octanol–water partition coefficient (Wildman–Crippen LogP) is 4.30. The van der Waals surface area contributed by atoms with Crippen molar-refractivity contribution >= 4 is 16.7 Å². The minimum absolute atomic E-state index is 0.756. The molecule has 18 heavy (non-hydrogen) atoms. The number of fused-ring (bicyclic) bond motifs is 1. The van der Waals surface area contributed by atoms with E-state index in [2.05, 4.69) is 6.07 Å². The molecule has 2 N–H and O–H groups in total. The molecule has 1 heterocycles. The van der Waals surface area contributed by atoms with Crippen LogP contribution in [0.1, 0.15) is 11.1 Å². The monoisotopic (exact) mass is 237 g/mol. The molecule has 2 heteroatoms. The van der Waals surface area contributed by atoms with E-state index in [0.29, 0.717) is 0 Å². The van der Waals surface area contributed by atoms with Crippen LogP contribution in [-0.4, -0.2) is 0 Å². The Morgan fingerprint density at radius 2 is 1.83 bits per heavy atom. The number of furan rings is 1. The molecule has 3 rings (SSSR count). The van der Waals surface area contributed by atoms with Crippen LogP contribution in [0, 0.1) is 13.8 Å². The molecule has 0 saturated carbocycles. The Kier molecular flexibility index (Phi) is 2.37. The Bertz CT molecular complexity index is 725. The lowest BCUT2D eigenvalue weighted by Gasteiger charge is -2.03. The van der Waals surface area contributed by atoms with Crippen molar-refractivity contribution in [2.75, 3.05) is 5.73 Å². The van der Waals surface area contributed by atoms with E-state index in [1.54, 1.807) is 0 Å². The summed E-state index contributed by atoms with van der Waals surface area (Å²) in [7, 11) is 0. The summed E-state index contributed by atoms with van der Waals surface area (Å²) >= 11 is 0. The maximum Gasteiger partial charge on any atom is 0.137 e. The predicted molar refractivity (Wildman–Crippen MR) is 75.5 cm³/mol. The van der Waals surface area contributed by atoms with Crippen molar-refractivity contribution < 1.29 is 4.42 Å². The van der Waals surface area contributed by atoms with E-state index >= 15 is 0 Å². The largest absolute Gasteiger partial charge is 0.456 e. The standard InChI is InChI=1S/C16H15NO/c1-10-6-7-13(14(17)8-10)15-9-12-5-3-4-11(2)16(12)18-15/h3-9H,17H2,1-2H3. The highest BCUT2D eigenvalue weighted by molar-refractivity contribution is 5.87. The third-order valence-electron chi connectivity index (χ3n) is 3.21. The van der Waals surface area contributed by atoms with Crippen molar-refractivity contribution in [3.63, 3.8) is 0 Å². The summed E-state index contributed by atoms with van der Waals surface area (Å²) in [6.07, 6.45) is 0. The number of anilines is 1. The molecule has 2 aromatic carbocycles. The number of rotatable bonds is 1. The Balaban J connectivity index is 2.23. The molecular weight excluding hydrogens is 222 g/mol. The normalized spacial score (nSPS) is 11.0. The zero-order valence-corrected chi connectivity index (χ0v) is 10.5. The van der Waals surface area contributed by atoms with Crippen LogP contribution in [0.15, 0.2) is 46.9 Å². The molecule has 0 fully saturated rings. The van der Waals surface area contributed by atoms with Gasteiger partial charge in [-0.05, 0) is 43.2 Å². The van der Waals surface area contributed by atoms with Crippen LogP contribution in [0.2, 0.25) is 0 Å². The number of aryl methyl sites for hydroxylation is 2. The van der Waals surface area contributed by atoms with E-state index in [0.717, 1.165) is 39.1 Å². The van der Waals surface area contributed by atoms with Gasteiger partial charge in [-0.25, -0.2) is 0 Å². The summed E-state index contributed by atoms with van der Waals surface area (Å²) < 4.78 is 5.93. The highest BCUT2D eigenvalue weighted by Gasteiger charge is 2.10. The number of hydrogen-bond acceptors (Lipinski definition) is 2. The lowest BCUT2D eigenvalue weighted by molar-refractivity contribution is 0.629. The molecule has 0 atom stereocenters. The third kappa shape index (κ3) is 1.66. The van der Waals surface area contributed by atoms with Gasteiger partial charge in [0.15, 0.2) is 0 Å². The first-order valence-electron chi connectivity index (χ1n) is 6.01. The fraction of sp³-hybridized carbons (Fsp3) is 0.125. The van der Waals surface area contributed by atoms with Crippen LogP contribution in [0.25, 0.3) is 22.3 Å². The molecule has 2 nitrogen and oxygen atoms in total. The first-order valence-corrected chi connectivity index (χ1v) is 6.01. The molecule has 0 radical (unpaired) electrons. The highest BCUT2D eigenvalue weighted by atomic mass is 16.3. The average molecular weight is 237 g/mol. The molecule has 0 bridgehead atoms. The van der Waals surface area contributed by atoms with Crippen LogP contribution in [0.5, 0.6) is 0 Å². The fourth-order valence-electron chi connectivity index (χ4n) is 2.25. The summed E-state index contributed by atoms with van der Waals surface area (Å²) in [6, 6.07) is 14.2. The maximum absolute atomic E-state index is 6.05. The number of nitrogen functional groups attached to an aromatic ring is 1. The van der Waals surface area contributed by atoms with Gasteiger partial charge in [0, 0.05) is 16.6 Å². The van der Waals surface area contributed by atoms with Gasteiger partial charge in [0.05, 0.1) is 0 Å². The van der Waals surface area contributed by atoms with Crippen LogP contribution in [0.3, 0.4) is 0 Å². The van der Waals surface area contributed by atoms with Crippen molar-refractivity contribution in [2.45, 2.75) is 13.8 Å². The number of para-hydroxylation sites is 1. The lowest BCUT2D eigenvalue weighted by Crippen LogP contribution is -1.89. The number of benzene rings is 2. The molecule has 0 aliphatic carbocycles. The van der Waals surface area contributed by atoms with Gasteiger partial charge in [0.25, 0.3) is 0 Å². The zero-order chi connectivity index (χ0) is 12.7. The van der Waals surface area contributed by atoms with Gasteiger partial charge in [0.1, 0.15) is 11.3 Å². The van der Waals surface area contributed by atoms with E-state index in [9.17, 15) is 0 Å². The van der Waals surface area contributed by atoms with Gasteiger partial charge in [-0.2, -0.15) is 0 Å². The summed E-state index contributed by atoms with van der Waals surface area (Å²) in [5.41, 5.74) is 11.0. The highest BCUT2D eigenvalue weighted by Crippen LogP contribution is 2.33. The maximum atomic E-state index is 6.05. The Hall–Kier alpha value is -2.22. The second-order valence-corrected chi connectivity index (χ2v) is 4.69. The minimum atomic E-state index is 0.756. The Morgan fingerprint density at radius 1 is 1.00 bits per heavy atom. The van der Waals surface area contributed by atoms with Crippen molar-refractivity contribution in [3.8, 4) is 11.3 Å². The second-order valence-electron chi connectivity index (χ2n) is 4.69. The van der Waals surface area contributed by atoms with Gasteiger partial charge < -0.3 is 10.2 Å². The van der Waals surface area contributed by atoms with Crippen molar-refractivity contribution in [1.82, 2.24) is 0 Å². The van der Waals surface area contributed by atoms with Crippen LogP contribution < -0.4 is 5.73 Å². The van der Waals surface area contributed by atoms with E-state index in [1.807, 2.05) is 50.2 Å². The zero-order valence-electron chi connectivity index (χ0n) is 10.5. The molecule has 0 unspecified atom stereocenters. The Morgan fingerprint density at radius 3 is 2.56 bits per heavy atom. The molecular formula is C16H15NO. The number of nitrogens with two attached hydrogens (primary N) is 1. The Labute approximate surface area is 106 Å². The molecule has 0 aliphatic heterocycles. The van der Waals surface area contributed by atoms with Crippen LogP contribution >= 0.6 is 0 Å². The van der Waals surface area contributed by atoms with Crippen LogP contribution in [0.4, 0.5) is 5.69 Å². The van der Waals surface area contributed by atoms with Crippen LogP contribution in [-0.2, 0) is 0 Å². The molecule has 0 saturated heterocycles. The molecule has 1 aromatic heterocycles. The second kappa shape index (κ2) is 3.91. The quantitative estimate of drug-likeness (QED) is 0.641. The molecule has 3 aromatic rings. The van der Waals surface area contributed by atoms with Gasteiger partial charge in [-0.1, -0.05) is 24.3 Å². The van der Waals surface area contributed by atoms with Crippen molar-refractivity contribution in [3.05, 3.63) is 53.6 Å². The van der Waals surface area contributed by atoms with Gasteiger partial charge in [-0.3, -0.25) is 0 Å². The first kappa shape index (κ1) is 10.9. The van der Waals surface area contributed by atoms with Gasteiger partial charge in [0.2, 0.25) is 0 Å². The van der Waals surface area contributed by atoms with E-state index in [1.165, 1.54) is 0 Å². The van der Waals surface area contributed by atoms with E-state index in [4.69, 9.17) is 10.2 Å². The fourth-order valence-corrected chi connectivity index (χ4v) is 2.25. The lowest BCUT2D eigenvalue weighted by atomic mass is 10.1. The SMILES string of the molecule is Cc1ccc(-c2cc3cccc(C)c3o2)c(N)c1. The number of hydrogen-bond donors (Lipinski definition) is 1. The molecule has 90 valence electrons. The molecule has 0 aliphatic rings. The molecule has 0 amide bonds. The van der Waals surface area contributed by atoms with E-state index < -0.39 is 0 Å². The third-order valence-corrected chi connectivity index (χ3v) is 3.21. The first-order chi connectivity index (χ1) is 8.65. The smallest absolute Gasteiger partial charge is 0.137 e. The van der Waals surface area contributed by atoms with Crippen molar-refractivity contribution in [1.29, 1.82) is 0 Å². The van der Waals surface area contributed by atoms with E-state index in [-0.39, 0.29) is 0 Å². The average Bonchev–Trinajstić information content (AvgIpc) is 2.74. The summed E-state index contributed by atoms with van der Waals surface area (Å²) in [6.45, 7) is 4.08. The minimum Gasteiger partial charge on any atom is -0.456 e. The molecule has 0 spiro atoms. The van der Waals surface area contributed by atoms with Gasteiger partial charge in [-0.15, -0.1) is 0 Å².